The minimum atomic E-state index is -4.73. The van der Waals surface area contributed by atoms with E-state index in [2.05, 4.69) is 17.4 Å². The third-order valence-electron chi connectivity index (χ3n) is 1.63. The molecule has 0 saturated heterocycles. The first kappa shape index (κ1) is 13.0. The average molecular weight is 252 g/mol. The number of alkyl halides is 3. The Balaban J connectivity index is 2.93. The highest BCUT2D eigenvalue weighted by molar-refractivity contribution is 7.80. The molecule has 0 aliphatic rings. The van der Waals surface area contributed by atoms with E-state index in [1.807, 2.05) is 6.92 Å². The second-order valence-electron chi connectivity index (χ2n) is 3.00. The summed E-state index contributed by atoms with van der Waals surface area (Å²) in [5.74, 6) is -0.349. The van der Waals surface area contributed by atoms with Gasteiger partial charge in [-0.2, -0.15) is 0 Å². The van der Waals surface area contributed by atoms with E-state index in [4.69, 9.17) is 4.74 Å². The largest absolute Gasteiger partial charge is 0.573 e. The average Bonchev–Trinajstić information content (AvgIpc) is 2.14. The van der Waals surface area contributed by atoms with Crippen molar-refractivity contribution < 1.29 is 22.6 Å². The van der Waals surface area contributed by atoms with E-state index < -0.39 is 6.36 Å². The summed E-state index contributed by atoms with van der Waals surface area (Å²) < 4.78 is 45.2. The van der Waals surface area contributed by atoms with Gasteiger partial charge in [0.05, 0.1) is 11.5 Å². The normalized spacial score (nSPS) is 11.3. The highest BCUT2D eigenvalue weighted by atomic mass is 32.1. The molecule has 0 amide bonds. The van der Waals surface area contributed by atoms with Crippen LogP contribution in [-0.4, -0.2) is 13.0 Å². The van der Waals surface area contributed by atoms with Gasteiger partial charge in [-0.15, -0.1) is 25.8 Å². The van der Waals surface area contributed by atoms with Gasteiger partial charge in [-0.25, -0.2) is 0 Å². The molecule has 90 valence electrons. The summed E-state index contributed by atoms with van der Waals surface area (Å²) in [6, 6.07) is 4.15. The SMILES string of the molecule is CCCOc1c(S)cccc1OC(F)(F)F. The maximum Gasteiger partial charge on any atom is 0.573 e. The maximum absolute atomic E-state index is 12.1. The van der Waals surface area contributed by atoms with Crippen LogP contribution in [0.5, 0.6) is 11.5 Å². The molecule has 0 radical (unpaired) electrons. The summed E-state index contributed by atoms with van der Waals surface area (Å²) in [6.45, 7) is 2.16. The highest BCUT2D eigenvalue weighted by Gasteiger charge is 2.32. The number of hydrogen-bond acceptors (Lipinski definition) is 3. The number of rotatable bonds is 4. The topological polar surface area (TPSA) is 18.5 Å². The van der Waals surface area contributed by atoms with Crippen LogP contribution in [0.2, 0.25) is 0 Å². The van der Waals surface area contributed by atoms with Crippen LogP contribution in [0.3, 0.4) is 0 Å². The van der Waals surface area contributed by atoms with Gasteiger partial charge in [-0.1, -0.05) is 13.0 Å². The van der Waals surface area contributed by atoms with Crippen LogP contribution in [0.15, 0.2) is 23.1 Å². The smallest absolute Gasteiger partial charge is 0.489 e. The fraction of sp³-hybridized carbons (Fsp3) is 0.400. The Labute approximate surface area is 96.8 Å². The fourth-order valence-corrected chi connectivity index (χ4v) is 1.32. The van der Waals surface area contributed by atoms with E-state index in [1.54, 1.807) is 0 Å². The van der Waals surface area contributed by atoms with Gasteiger partial charge in [0.1, 0.15) is 0 Å². The zero-order valence-electron chi connectivity index (χ0n) is 8.54. The van der Waals surface area contributed by atoms with Crippen LogP contribution in [0.25, 0.3) is 0 Å². The Morgan fingerprint density at radius 3 is 2.56 bits per heavy atom. The molecule has 6 heteroatoms. The van der Waals surface area contributed by atoms with E-state index in [-0.39, 0.29) is 11.5 Å². The first-order valence-electron chi connectivity index (χ1n) is 4.64. The van der Waals surface area contributed by atoms with Crippen molar-refractivity contribution in [3.05, 3.63) is 18.2 Å². The van der Waals surface area contributed by atoms with Crippen LogP contribution in [0.1, 0.15) is 13.3 Å². The number of benzene rings is 1. The van der Waals surface area contributed by atoms with E-state index in [0.29, 0.717) is 17.9 Å². The molecule has 0 N–H and O–H groups in total. The molecule has 1 aromatic carbocycles. The molecule has 0 unspecified atom stereocenters. The third kappa shape index (κ3) is 3.84. The molecule has 0 spiro atoms. The van der Waals surface area contributed by atoms with Crippen LogP contribution in [0.4, 0.5) is 13.2 Å². The molecule has 0 heterocycles. The Kier molecular flexibility index (Phi) is 4.35. The number of hydrogen-bond donors (Lipinski definition) is 1. The number of para-hydroxylation sites is 1. The van der Waals surface area contributed by atoms with E-state index in [1.165, 1.54) is 18.2 Å². The number of ether oxygens (including phenoxy) is 2. The van der Waals surface area contributed by atoms with Gasteiger partial charge in [-0.05, 0) is 18.6 Å². The van der Waals surface area contributed by atoms with Crippen LogP contribution < -0.4 is 9.47 Å². The molecule has 0 bridgehead atoms. The quantitative estimate of drug-likeness (QED) is 0.824. The van der Waals surface area contributed by atoms with Crippen molar-refractivity contribution in [3.8, 4) is 11.5 Å². The Bertz CT molecular complexity index is 352. The zero-order chi connectivity index (χ0) is 12.2. The van der Waals surface area contributed by atoms with Gasteiger partial charge in [-0.3, -0.25) is 0 Å². The zero-order valence-corrected chi connectivity index (χ0v) is 9.44. The lowest BCUT2D eigenvalue weighted by Gasteiger charge is -2.15. The van der Waals surface area contributed by atoms with E-state index >= 15 is 0 Å². The van der Waals surface area contributed by atoms with Gasteiger partial charge in [0.2, 0.25) is 0 Å². The van der Waals surface area contributed by atoms with Gasteiger partial charge in [0.25, 0.3) is 0 Å². The van der Waals surface area contributed by atoms with Gasteiger partial charge in [0.15, 0.2) is 11.5 Å². The molecule has 0 atom stereocenters. The number of thiol groups is 1. The fourth-order valence-electron chi connectivity index (χ4n) is 1.06. The Morgan fingerprint density at radius 2 is 2.00 bits per heavy atom. The van der Waals surface area contributed by atoms with Crippen LogP contribution in [-0.2, 0) is 0 Å². The lowest BCUT2D eigenvalue weighted by Crippen LogP contribution is -2.18. The summed E-state index contributed by atoms with van der Waals surface area (Å²) in [5.41, 5.74) is 0. The van der Waals surface area contributed by atoms with Crippen molar-refractivity contribution in [2.24, 2.45) is 0 Å². The van der Waals surface area contributed by atoms with Crippen molar-refractivity contribution in [1.29, 1.82) is 0 Å². The molecule has 1 aromatic rings. The van der Waals surface area contributed by atoms with Gasteiger partial charge >= 0.3 is 6.36 Å². The molecular formula is C10H11F3O2S. The summed E-state index contributed by atoms with van der Waals surface area (Å²) in [4.78, 5) is 0.315. The summed E-state index contributed by atoms with van der Waals surface area (Å²) in [6.07, 6.45) is -4.04. The van der Waals surface area contributed by atoms with Gasteiger partial charge < -0.3 is 9.47 Å². The van der Waals surface area contributed by atoms with Crippen LogP contribution >= 0.6 is 12.6 Å². The summed E-state index contributed by atoms with van der Waals surface area (Å²) in [7, 11) is 0. The minimum absolute atomic E-state index is 0.0185. The van der Waals surface area contributed by atoms with Crippen LogP contribution in [0, 0.1) is 0 Å². The van der Waals surface area contributed by atoms with Crippen molar-refractivity contribution in [2.75, 3.05) is 6.61 Å². The van der Waals surface area contributed by atoms with E-state index in [9.17, 15) is 13.2 Å². The second-order valence-corrected chi connectivity index (χ2v) is 3.48. The van der Waals surface area contributed by atoms with Crippen molar-refractivity contribution in [3.63, 3.8) is 0 Å². The number of halogens is 3. The molecule has 0 aliphatic heterocycles. The summed E-state index contributed by atoms with van der Waals surface area (Å²) >= 11 is 4.02. The monoisotopic (exact) mass is 252 g/mol. The lowest BCUT2D eigenvalue weighted by molar-refractivity contribution is -0.275. The molecule has 0 fully saturated rings. The standard InChI is InChI=1S/C10H11F3O2S/c1-2-6-14-9-7(15-10(11,12)13)4-3-5-8(9)16/h3-5,16H,2,6H2,1H3. The molecule has 2 nitrogen and oxygen atoms in total. The van der Waals surface area contributed by atoms with Crippen molar-refractivity contribution >= 4 is 12.6 Å². The Morgan fingerprint density at radius 1 is 1.31 bits per heavy atom. The Hall–Kier alpha value is -1.04. The van der Waals surface area contributed by atoms with Gasteiger partial charge in [0, 0.05) is 0 Å². The molecule has 0 aromatic heterocycles. The molecule has 0 aliphatic carbocycles. The molecule has 1 rings (SSSR count). The lowest BCUT2D eigenvalue weighted by atomic mass is 10.3. The predicted molar refractivity (Wildman–Crippen MR) is 56.2 cm³/mol. The second kappa shape index (κ2) is 5.34. The first-order valence-corrected chi connectivity index (χ1v) is 5.09. The van der Waals surface area contributed by atoms with Crippen molar-refractivity contribution in [1.82, 2.24) is 0 Å². The minimum Gasteiger partial charge on any atom is -0.489 e. The first-order chi connectivity index (χ1) is 7.44. The predicted octanol–water partition coefficient (Wildman–Crippen LogP) is 3.66. The molecular weight excluding hydrogens is 241 g/mol. The molecule has 0 saturated carbocycles. The van der Waals surface area contributed by atoms with E-state index in [0.717, 1.165) is 0 Å². The highest BCUT2D eigenvalue weighted by Crippen LogP contribution is 2.36. The maximum atomic E-state index is 12.1. The summed E-state index contributed by atoms with van der Waals surface area (Å²) in [5, 5.41) is 0. The molecule has 16 heavy (non-hydrogen) atoms. The third-order valence-corrected chi connectivity index (χ3v) is 1.99. The van der Waals surface area contributed by atoms with Crippen molar-refractivity contribution in [2.45, 2.75) is 24.6 Å².